The molecule has 0 fully saturated rings. The van der Waals surface area contributed by atoms with Crippen LogP contribution in [0.5, 0.6) is 0 Å². The number of ketones is 1. The highest BCUT2D eigenvalue weighted by Crippen LogP contribution is 2.37. The molecule has 1 aliphatic heterocycles. The van der Waals surface area contributed by atoms with Gasteiger partial charge in [0.1, 0.15) is 5.78 Å². The smallest absolute Gasteiger partial charge is 0.373 e. The van der Waals surface area contributed by atoms with E-state index in [1.165, 1.54) is 10.8 Å². The Labute approximate surface area is 126 Å². The van der Waals surface area contributed by atoms with Crippen LogP contribution in [0.3, 0.4) is 0 Å². The van der Waals surface area contributed by atoms with Crippen LogP contribution in [-0.4, -0.2) is 12.8 Å². The second kappa shape index (κ2) is 5.80. The van der Waals surface area contributed by atoms with Gasteiger partial charge in [0.2, 0.25) is 0 Å². The summed E-state index contributed by atoms with van der Waals surface area (Å²) < 4.78 is 0. The van der Waals surface area contributed by atoms with Gasteiger partial charge in [-0.3, -0.25) is 0 Å². The average Bonchev–Trinajstić information content (AvgIpc) is 2.47. The van der Waals surface area contributed by atoms with Gasteiger partial charge >= 0.3 is 6.98 Å². The van der Waals surface area contributed by atoms with E-state index in [9.17, 15) is 4.79 Å². The number of anilines is 2. The van der Waals surface area contributed by atoms with Gasteiger partial charge in [-0.25, -0.2) is 0 Å². The molecule has 0 amide bonds. The highest BCUT2D eigenvalue weighted by Gasteiger charge is 2.31. The number of hydrogen-bond donors (Lipinski definition) is 2. The van der Waals surface area contributed by atoms with E-state index in [4.69, 9.17) is 0 Å². The lowest BCUT2D eigenvalue weighted by molar-refractivity contribution is -0.117. The van der Waals surface area contributed by atoms with Crippen LogP contribution >= 0.6 is 0 Å². The largest absolute Gasteiger partial charge is 0.409 e. The van der Waals surface area contributed by atoms with Gasteiger partial charge in [0.05, 0.1) is 0 Å². The lowest BCUT2D eigenvalue weighted by Gasteiger charge is -2.31. The number of benzene rings is 2. The standard InChI is InChI=1S/C17H21BN2O/c1-3-6-14(11-12(2)21)18-19-15-9-4-7-13-8-5-10-16(20-18)17(13)15/h4-5,7-10,14,19-20H,3,6,11H2,1-2H3. The first-order valence-corrected chi connectivity index (χ1v) is 7.73. The first-order valence-electron chi connectivity index (χ1n) is 7.73. The molecule has 0 saturated heterocycles. The second-order valence-electron chi connectivity index (χ2n) is 5.93. The van der Waals surface area contributed by atoms with E-state index in [0.29, 0.717) is 12.2 Å². The number of carbonyl (C=O) groups is 1. The molecule has 0 radical (unpaired) electrons. The number of Topliss-reactive ketones (excluding diaryl/α,β-unsaturated/α-hetero) is 1. The zero-order valence-electron chi connectivity index (χ0n) is 12.6. The minimum absolute atomic E-state index is 0.120. The van der Waals surface area contributed by atoms with Crippen LogP contribution in [-0.2, 0) is 4.79 Å². The Kier molecular flexibility index (Phi) is 3.87. The molecule has 1 atom stereocenters. The molecule has 0 saturated carbocycles. The maximum Gasteiger partial charge on any atom is 0.373 e. The second-order valence-corrected chi connectivity index (χ2v) is 5.93. The van der Waals surface area contributed by atoms with Crippen molar-refractivity contribution in [1.82, 2.24) is 0 Å². The summed E-state index contributed by atoms with van der Waals surface area (Å²) >= 11 is 0. The molecule has 2 aromatic carbocycles. The Balaban J connectivity index is 1.93. The predicted octanol–water partition coefficient (Wildman–Crippen LogP) is 4.31. The summed E-state index contributed by atoms with van der Waals surface area (Å²) in [5.74, 6) is 0.574. The number of nitrogens with one attached hydrogen (secondary N) is 2. The van der Waals surface area contributed by atoms with Crippen molar-refractivity contribution < 1.29 is 4.79 Å². The van der Waals surface area contributed by atoms with E-state index in [0.717, 1.165) is 24.2 Å². The fourth-order valence-corrected chi connectivity index (χ4v) is 3.31. The van der Waals surface area contributed by atoms with Gasteiger partial charge in [0.15, 0.2) is 0 Å². The normalized spacial score (nSPS) is 14.5. The van der Waals surface area contributed by atoms with Gasteiger partial charge in [-0.2, -0.15) is 0 Å². The molecule has 0 bridgehead atoms. The third kappa shape index (κ3) is 2.75. The van der Waals surface area contributed by atoms with Crippen LogP contribution in [0.4, 0.5) is 11.4 Å². The Morgan fingerprint density at radius 1 is 1.14 bits per heavy atom. The van der Waals surface area contributed by atoms with Crippen LogP contribution in [0.25, 0.3) is 10.8 Å². The quantitative estimate of drug-likeness (QED) is 0.801. The molecule has 0 aliphatic carbocycles. The van der Waals surface area contributed by atoms with Crippen molar-refractivity contribution in [3.63, 3.8) is 0 Å². The lowest BCUT2D eigenvalue weighted by Crippen LogP contribution is -2.42. The van der Waals surface area contributed by atoms with E-state index >= 15 is 0 Å². The molecule has 21 heavy (non-hydrogen) atoms. The van der Waals surface area contributed by atoms with Crippen molar-refractivity contribution in [2.45, 2.75) is 38.9 Å². The minimum atomic E-state index is 0.120. The summed E-state index contributed by atoms with van der Waals surface area (Å²) in [6, 6.07) is 12.7. The Hall–Kier alpha value is -1.97. The monoisotopic (exact) mass is 280 g/mol. The Morgan fingerprint density at radius 2 is 1.76 bits per heavy atom. The van der Waals surface area contributed by atoms with Crippen LogP contribution in [0.2, 0.25) is 5.82 Å². The van der Waals surface area contributed by atoms with Gasteiger partial charge in [-0.15, -0.1) is 0 Å². The zero-order chi connectivity index (χ0) is 14.8. The molecule has 0 aromatic heterocycles. The molecule has 1 aliphatic rings. The summed E-state index contributed by atoms with van der Waals surface area (Å²) in [7, 11) is 0. The molecule has 3 nitrogen and oxygen atoms in total. The van der Waals surface area contributed by atoms with Crippen LogP contribution in [0.15, 0.2) is 36.4 Å². The van der Waals surface area contributed by atoms with Crippen molar-refractivity contribution in [2.75, 3.05) is 10.5 Å². The summed E-state index contributed by atoms with van der Waals surface area (Å²) in [6.45, 7) is 3.97. The van der Waals surface area contributed by atoms with Crippen LogP contribution in [0.1, 0.15) is 33.1 Å². The van der Waals surface area contributed by atoms with Crippen molar-refractivity contribution in [1.29, 1.82) is 0 Å². The third-order valence-electron chi connectivity index (χ3n) is 4.21. The first kappa shape index (κ1) is 14.0. The first-order chi connectivity index (χ1) is 10.2. The van der Waals surface area contributed by atoms with Gasteiger partial charge in [0.25, 0.3) is 0 Å². The molecule has 2 aromatic rings. The van der Waals surface area contributed by atoms with Gasteiger partial charge in [-0.05, 0) is 30.3 Å². The van der Waals surface area contributed by atoms with Crippen molar-refractivity contribution in [3.8, 4) is 0 Å². The SMILES string of the molecule is CCCC(CC(C)=O)B1Nc2cccc3cccc(c23)N1. The highest BCUT2D eigenvalue weighted by molar-refractivity contribution is 6.69. The van der Waals surface area contributed by atoms with Crippen LogP contribution < -0.4 is 10.5 Å². The molecule has 1 heterocycles. The number of hydrogen-bond acceptors (Lipinski definition) is 3. The molecule has 2 N–H and O–H groups in total. The van der Waals surface area contributed by atoms with E-state index in [1.807, 2.05) is 0 Å². The predicted molar refractivity (Wildman–Crippen MR) is 90.9 cm³/mol. The van der Waals surface area contributed by atoms with Crippen molar-refractivity contribution in [3.05, 3.63) is 36.4 Å². The van der Waals surface area contributed by atoms with Gasteiger partial charge < -0.3 is 15.3 Å². The van der Waals surface area contributed by atoms with Crippen LogP contribution in [0, 0.1) is 0 Å². The topological polar surface area (TPSA) is 41.1 Å². The number of rotatable bonds is 5. The van der Waals surface area contributed by atoms with E-state index < -0.39 is 0 Å². The summed E-state index contributed by atoms with van der Waals surface area (Å²) in [5.41, 5.74) is 2.33. The number of carbonyl (C=O) groups excluding carboxylic acids is 1. The minimum Gasteiger partial charge on any atom is -0.409 e. The molecule has 1 unspecified atom stereocenters. The van der Waals surface area contributed by atoms with Crippen molar-refractivity contribution >= 4 is 34.9 Å². The molecule has 3 rings (SSSR count). The molecular formula is C17H21BN2O. The van der Waals surface area contributed by atoms with Gasteiger partial charge in [-0.1, -0.05) is 44.0 Å². The third-order valence-corrected chi connectivity index (χ3v) is 4.21. The fraction of sp³-hybridized carbons (Fsp3) is 0.353. The fourth-order valence-electron chi connectivity index (χ4n) is 3.31. The maximum absolute atomic E-state index is 11.6. The molecular weight excluding hydrogens is 259 g/mol. The van der Waals surface area contributed by atoms with E-state index in [-0.39, 0.29) is 12.8 Å². The van der Waals surface area contributed by atoms with Gasteiger partial charge in [0, 0.05) is 23.2 Å². The Bertz CT molecular complexity index is 630. The molecule has 0 spiro atoms. The average molecular weight is 280 g/mol. The van der Waals surface area contributed by atoms with E-state index in [2.05, 4.69) is 53.8 Å². The molecule has 4 heteroatoms. The molecule has 108 valence electrons. The van der Waals surface area contributed by atoms with Crippen molar-refractivity contribution in [2.24, 2.45) is 0 Å². The summed E-state index contributed by atoms with van der Waals surface area (Å²) in [6.07, 6.45) is 2.75. The highest BCUT2D eigenvalue weighted by atomic mass is 16.1. The summed E-state index contributed by atoms with van der Waals surface area (Å²) in [4.78, 5) is 11.6. The summed E-state index contributed by atoms with van der Waals surface area (Å²) in [5, 5.41) is 9.66. The Morgan fingerprint density at radius 3 is 2.29 bits per heavy atom. The lowest BCUT2D eigenvalue weighted by atomic mass is 9.57. The van der Waals surface area contributed by atoms with E-state index in [1.54, 1.807) is 6.92 Å². The maximum atomic E-state index is 11.6. The zero-order valence-corrected chi connectivity index (χ0v) is 12.6.